The minimum Gasteiger partial charge on any atom is -0.443 e. The predicted octanol–water partition coefficient (Wildman–Crippen LogP) is 2.99. The van der Waals surface area contributed by atoms with Gasteiger partial charge in [0.05, 0.1) is 12.2 Å². The highest BCUT2D eigenvalue weighted by molar-refractivity contribution is 7.99. The number of benzene rings is 1. The van der Waals surface area contributed by atoms with E-state index in [1.165, 1.54) is 17.0 Å². The number of hydrogen-bond donors (Lipinski definition) is 1. The zero-order valence-electron chi connectivity index (χ0n) is 14.5. The molecule has 1 aromatic carbocycles. The normalized spacial score (nSPS) is 23.9. The molecule has 5 nitrogen and oxygen atoms in total. The van der Waals surface area contributed by atoms with Crippen LogP contribution in [-0.4, -0.2) is 55.9 Å². The first-order chi connectivity index (χ1) is 12.6. The molecule has 0 unspecified atom stereocenters. The predicted molar refractivity (Wildman–Crippen MR) is 99.2 cm³/mol. The molecule has 142 valence electrons. The summed E-state index contributed by atoms with van der Waals surface area (Å²) in [5, 5.41) is 3.31. The number of carbonyl (C=O) groups is 1. The lowest BCUT2D eigenvalue weighted by molar-refractivity contribution is 0.140. The Morgan fingerprint density at radius 2 is 1.96 bits per heavy atom. The number of carbonyl (C=O) groups excluding carboxylic acids is 1. The first-order valence-corrected chi connectivity index (χ1v) is 10.3. The molecule has 8 heteroatoms. The van der Waals surface area contributed by atoms with E-state index in [1.807, 2.05) is 0 Å². The van der Waals surface area contributed by atoms with Gasteiger partial charge in [-0.05, 0) is 25.0 Å². The van der Waals surface area contributed by atoms with E-state index in [0.717, 1.165) is 30.8 Å². The average molecular weight is 383 g/mol. The number of cyclic esters (lactones) is 1. The minimum atomic E-state index is -0.626. The van der Waals surface area contributed by atoms with Crippen LogP contribution < -0.4 is 15.1 Å². The molecule has 1 aromatic rings. The van der Waals surface area contributed by atoms with E-state index in [2.05, 4.69) is 5.32 Å². The van der Waals surface area contributed by atoms with Gasteiger partial charge in [-0.2, -0.15) is 11.8 Å². The van der Waals surface area contributed by atoms with Crippen molar-refractivity contribution in [1.29, 1.82) is 0 Å². The van der Waals surface area contributed by atoms with E-state index < -0.39 is 17.7 Å². The molecule has 2 heterocycles. The van der Waals surface area contributed by atoms with Crippen LogP contribution in [0.4, 0.5) is 25.0 Å². The zero-order chi connectivity index (χ0) is 18.1. The summed E-state index contributed by atoms with van der Waals surface area (Å²) in [6.07, 6.45) is 2.36. The highest BCUT2D eigenvalue weighted by Crippen LogP contribution is 2.32. The maximum absolute atomic E-state index is 14.7. The highest BCUT2D eigenvalue weighted by Gasteiger charge is 2.34. The Morgan fingerprint density at radius 1 is 1.19 bits per heavy atom. The quantitative estimate of drug-likeness (QED) is 0.847. The number of rotatable bonds is 5. The number of ether oxygens (including phenoxy) is 1. The van der Waals surface area contributed by atoms with Crippen molar-refractivity contribution in [1.82, 2.24) is 5.32 Å². The molecule has 3 aliphatic rings. The number of nitrogens with one attached hydrogen (secondary N) is 1. The smallest absolute Gasteiger partial charge is 0.414 e. The summed E-state index contributed by atoms with van der Waals surface area (Å²) in [7, 11) is 0. The Balaban J connectivity index is 1.49. The zero-order valence-corrected chi connectivity index (χ0v) is 15.4. The first-order valence-electron chi connectivity index (χ1n) is 9.15. The fraction of sp³-hybridized carbons (Fsp3) is 0.611. The Kier molecular flexibility index (Phi) is 5.22. The summed E-state index contributed by atoms with van der Waals surface area (Å²) >= 11 is 1.80. The fourth-order valence-electron chi connectivity index (χ4n) is 3.40. The van der Waals surface area contributed by atoms with Crippen molar-refractivity contribution < 1.29 is 18.3 Å². The van der Waals surface area contributed by atoms with Gasteiger partial charge >= 0.3 is 6.09 Å². The lowest BCUT2D eigenvalue weighted by atomic mass is 10.2. The van der Waals surface area contributed by atoms with Crippen LogP contribution in [0, 0.1) is 11.6 Å². The molecule has 2 aliphatic heterocycles. The van der Waals surface area contributed by atoms with Gasteiger partial charge in [-0.3, -0.25) is 4.90 Å². The number of halogens is 2. The van der Waals surface area contributed by atoms with Crippen LogP contribution in [0.5, 0.6) is 0 Å². The fourth-order valence-corrected chi connectivity index (χ4v) is 4.29. The molecule has 0 aromatic heterocycles. The van der Waals surface area contributed by atoms with Crippen molar-refractivity contribution in [2.45, 2.75) is 31.4 Å². The summed E-state index contributed by atoms with van der Waals surface area (Å²) < 4.78 is 34.7. The van der Waals surface area contributed by atoms with Gasteiger partial charge in [-0.15, -0.1) is 0 Å². The van der Waals surface area contributed by atoms with E-state index in [4.69, 9.17) is 4.74 Å². The van der Waals surface area contributed by atoms with Crippen molar-refractivity contribution in [3.05, 3.63) is 23.8 Å². The highest BCUT2D eigenvalue weighted by atomic mass is 32.2. The van der Waals surface area contributed by atoms with Gasteiger partial charge in [0.1, 0.15) is 11.8 Å². The number of anilines is 2. The molecule has 1 saturated carbocycles. The summed E-state index contributed by atoms with van der Waals surface area (Å²) in [6, 6.07) is 3.01. The maximum atomic E-state index is 14.7. The monoisotopic (exact) mass is 383 g/mol. The molecule has 2 saturated heterocycles. The van der Waals surface area contributed by atoms with Crippen molar-refractivity contribution in [3.63, 3.8) is 0 Å². The van der Waals surface area contributed by atoms with Crippen LogP contribution in [0.3, 0.4) is 0 Å². The molecule has 3 fully saturated rings. The third-order valence-electron chi connectivity index (χ3n) is 4.94. The third-order valence-corrected chi connectivity index (χ3v) is 5.99. The SMILES string of the molecule is O=C1O[C@@H](CNC2CC2)CN1c1cc(F)c(N2CCCSCC2)c(F)c1. The summed E-state index contributed by atoms with van der Waals surface area (Å²) in [5.74, 6) is 0.612. The van der Waals surface area contributed by atoms with Gasteiger partial charge in [0.2, 0.25) is 0 Å². The molecule has 1 N–H and O–H groups in total. The van der Waals surface area contributed by atoms with Crippen LogP contribution in [0.15, 0.2) is 12.1 Å². The van der Waals surface area contributed by atoms with Crippen molar-refractivity contribution in [2.24, 2.45) is 0 Å². The van der Waals surface area contributed by atoms with Gasteiger partial charge in [-0.1, -0.05) is 0 Å². The largest absolute Gasteiger partial charge is 0.443 e. The van der Waals surface area contributed by atoms with E-state index in [-0.39, 0.29) is 17.5 Å². The van der Waals surface area contributed by atoms with Gasteiger partial charge in [0.15, 0.2) is 11.6 Å². The Morgan fingerprint density at radius 3 is 2.69 bits per heavy atom. The summed E-state index contributed by atoms with van der Waals surface area (Å²) in [4.78, 5) is 15.2. The average Bonchev–Trinajstić information content (AvgIpc) is 3.39. The van der Waals surface area contributed by atoms with E-state index in [0.29, 0.717) is 32.2 Å². The molecule has 1 atom stereocenters. The van der Waals surface area contributed by atoms with Crippen LogP contribution in [0.25, 0.3) is 0 Å². The van der Waals surface area contributed by atoms with Crippen molar-refractivity contribution in [3.8, 4) is 0 Å². The topological polar surface area (TPSA) is 44.8 Å². The second kappa shape index (κ2) is 7.60. The molecule has 1 aliphatic carbocycles. The molecule has 1 amide bonds. The summed E-state index contributed by atoms with van der Waals surface area (Å²) in [5.41, 5.74) is 0.225. The van der Waals surface area contributed by atoms with Crippen molar-refractivity contribution >= 4 is 29.2 Å². The molecular weight excluding hydrogens is 360 g/mol. The molecule has 0 radical (unpaired) electrons. The van der Waals surface area contributed by atoms with Crippen LogP contribution in [0.1, 0.15) is 19.3 Å². The second-order valence-corrected chi connectivity index (χ2v) is 8.23. The molecule has 0 spiro atoms. The van der Waals surface area contributed by atoms with Crippen LogP contribution >= 0.6 is 11.8 Å². The number of nitrogens with zero attached hydrogens (tertiary/aromatic N) is 2. The Hall–Kier alpha value is -1.54. The number of amides is 1. The molecule has 0 bridgehead atoms. The maximum Gasteiger partial charge on any atom is 0.414 e. The van der Waals surface area contributed by atoms with E-state index in [1.54, 1.807) is 16.7 Å². The molecule has 4 rings (SSSR count). The number of hydrogen-bond acceptors (Lipinski definition) is 5. The Labute approximate surface area is 156 Å². The lowest BCUT2D eigenvalue weighted by Gasteiger charge is -2.24. The minimum absolute atomic E-state index is 0.00997. The van der Waals surface area contributed by atoms with Crippen LogP contribution in [0.2, 0.25) is 0 Å². The Bertz CT molecular complexity index is 655. The van der Waals surface area contributed by atoms with Crippen LogP contribution in [-0.2, 0) is 4.74 Å². The second-order valence-electron chi connectivity index (χ2n) is 7.01. The number of thioether (sulfide) groups is 1. The molecule has 26 heavy (non-hydrogen) atoms. The van der Waals surface area contributed by atoms with E-state index in [9.17, 15) is 13.6 Å². The summed E-state index contributed by atoms with van der Waals surface area (Å²) in [6.45, 7) is 2.14. The first kappa shape index (κ1) is 17.9. The van der Waals surface area contributed by atoms with Gasteiger partial charge in [-0.25, -0.2) is 13.6 Å². The standard InChI is InChI=1S/C18H23F2N3O2S/c19-15-8-13(9-16(20)17(15)22-4-1-6-26-7-5-22)23-11-14(25-18(23)24)10-21-12-2-3-12/h8-9,12,14,21H,1-7,10-11H2/t14-/m0/s1. The molecular formula is C18H23F2N3O2S. The van der Waals surface area contributed by atoms with Crippen molar-refractivity contribution in [2.75, 3.05) is 47.5 Å². The third kappa shape index (κ3) is 3.91. The van der Waals surface area contributed by atoms with E-state index >= 15 is 0 Å². The van der Waals surface area contributed by atoms with Gasteiger partial charge < -0.3 is 15.0 Å². The van der Waals surface area contributed by atoms with Gasteiger partial charge in [0.25, 0.3) is 0 Å². The lowest BCUT2D eigenvalue weighted by Crippen LogP contribution is -2.32. The van der Waals surface area contributed by atoms with Gasteiger partial charge in [0, 0.05) is 43.6 Å².